The van der Waals surface area contributed by atoms with Crippen LogP contribution in [0.5, 0.6) is 11.5 Å². The number of benzene rings is 2. The number of halogens is 1. The van der Waals surface area contributed by atoms with Crippen molar-refractivity contribution in [2.24, 2.45) is 0 Å². The molecule has 0 radical (unpaired) electrons. The van der Waals surface area contributed by atoms with Crippen LogP contribution in [0.25, 0.3) is 0 Å². The van der Waals surface area contributed by atoms with Gasteiger partial charge in [-0.05, 0) is 36.1 Å². The molecular weight excluding hydrogens is 348 g/mol. The van der Waals surface area contributed by atoms with Crippen molar-refractivity contribution in [1.29, 1.82) is 0 Å². The molecule has 0 bridgehead atoms. The van der Waals surface area contributed by atoms with E-state index in [4.69, 9.17) is 21.1 Å². The van der Waals surface area contributed by atoms with Gasteiger partial charge in [-0.25, -0.2) is 8.42 Å². The zero-order valence-electron chi connectivity index (χ0n) is 13.2. The van der Waals surface area contributed by atoms with Gasteiger partial charge >= 0.3 is 0 Å². The lowest BCUT2D eigenvalue weighted by Crippen LogP contribution is -2.16. The second kappa shape index (κ2) is 7.45. The maximum absolute atomic E-state index is 12.4. The third-order valence-electron chi connectivity index (χ3n) is 3.81. The minimum atomic E-state index is -3.20. The van der Waals surface area contributed by atoms with Crippen molar-refractivity contribution in [2.45, 2.75) is 18.6 Å². The molecule has 2 aromatic carbocycles. The second-order valence-electron chi connectivity index (χ2n) is 5.78. The lowest BCUT2D eigenvalue weighted by Gasteiger charge is -2.20. The van der Waals surface area contributed by atoms with Crippen molar-refractivity contribution in [1.82, 2.24) is 0 Å². The Morgan fingerprint density at radius 1 is 1.00 bits per heavy atom. The number of rotatable bonds is 6. The molecule has 1 aliphatic rings. The lowest BCUT2D eigenvalue weighted by atomic mass is 10.1. The monoisotopic (exact) mass is 366 g/mol. The Balaban J connectivity index is 1.63. The van der Waals surface area contributed by atoms with Crippen LogP contribution in [-0.2, 0) is 22.0 Å². The summed E-state index contributed by atoms with van der Waals surface area (Å²) in [6.07, 6.45) is 1.35. The van der Waals surface area contributed by atoms with E-state index >= 15 is 0 Å². The summed E-state index contributed by atoms with van der Waals surface area (Å²) in [4.78, 5) is 0. The first-order chi connectivity index (χ1) is 11.5. The summed E-state index contributed by atoms with van der Waals surface area (Å²) in [5.74, 6) is 1.11. The number of hydrogen-bond donors (Lipinski definition) is 0. The third-order valence-corrected chi connectivity index (χ3v) is 5.77. The molecule has 3 rings (SSSR count). The molecule has 0 saturated carbocycles. The summed E-state index contributed by atoms with van der Waals surface area (Å²) in [6.45, 7) is 0.889. The summed E-state index contributed by atoms with van der Waals surface area (Å²) >= 11 is 6.16. The highest BCUT2D eigenvalue weighted by atomic mass is 35.5. The third kappa shape index (κ3) is 4.42. The van der Waals surface area contributed by atoms with Gasteiger partial charge in [-0.3, -0.25) is 0 Å². The summed E-state index contributed by atoms with van der Waals surface area (Å²) in [5.41, 5.74) is 1.78. The second-order valence-corrected chi connectivity index (χ2v) is 8.37. The first-order valence-electron chi connectivity index (χ1n) is 7.86. The zero-order valence-corrected chi connectivity index (χ0v) is 14.8. The van der Waals surface area contributed by atoms with Gasteiger partial charge in [0.25, 0.3) is 0 Å². The average molecular weight is 367 g/mol. The molecule has 0 aliphatic carbocycles. The highest BCUT2D eigenvalue weighted by molar-refractivity contribution is 7.90. The minimum absolute atomic E-state index is 0.0435. The van der Waals surface area contributed by atoms with E-state index in [2.05, 4.69) is 0 Å². The van der Waals surface area contributed by atoms with Gasteiger partial charge < -0.3 is 9.47 Å². The molecule has 1 heterocycles. The first kappa shape index (κ1) is 17.1. The molecule has 6 heteroatoms. The smallest absolute Gasteiger partial charge is 0.179 e. The van der Waals surface area contributed by atoms with Crippen molar-refractivity contribution in [3.05, 3.63) is 58.6 Å². The van der Waals surface area contributed by atoms with Crippen molar-refractivity contribution >= 4 is 21.4 Å². The normalized spacial score (nSPS) is 13.7. The molecule has 0 fully saturated rings. The van der Waals surface area contributed by atoms with Crippen LogP contribution in [-0.4, -0.2) is 27.4 Å². The predicted molar refractivity (Wildman–Crippen MR) is 94.7 cm³/mol. The topological polar surface area (TPSA) is 52.6 Å². The Bertz CT molecular complexity index is 803. The van der Waals surface area contributed by atoms with E-state index in [0.717, 1.165) is 12.0 Å². The fourth-order valence-electron chi connectivity index (χ4n) is 2.71. The Morgan fingerprint density at radius 2 is 1.75 bits per heavy atom. The van der Waals surface area contributed by atoms with E-state index in [0.29, 0.717) is 41.7 Å². The summed E-state index contributed by atoms with van der Waals surface area (Å²) in [7, 11) is -3.20. The van der Waals surface area contributed by atoms with Crippen LogP contribution in [0.1, 0.15) is 17.5 Å². The fraction of sp³-hybridized carbons (Fsp3) is 0.333. The Hall–Kier alpha value is -1.72. The highest BCUT2D eigenvalue weighted by Gasteiger charge is 2.19. The molecule has 128 valence electrons. The van der Waals surface area contributed by atoms with Crippen LogP contribution in [0.4, 0.5) is 0 Å². The summed E-state index contributed by atoms with van der Waals surface area (Å²) in [5, 5.41) is 0.390. The van der Waals surface area contributed by atoms with Crippen LogP contribution < -0.4 is 9.47 Å². The number of ether oxygens (including phenoxy) is 2. The van der Waals surface area contributed by atoms with Crippen LogP contribution in [0.3, 0.4) is 0 Å². The van der Waals surface area contributed by atoms with Crippen LogP contribution in [0.15, 0.2) is 42.5 Å². The molecule has 4 nitrogen and oxygen atoms in total. The predicted octanol–water partition coefficient (Wildman–Crippen LogP) is 3.66. The molecule has 0 atom stereocenters. The molecule has 1 aliphatic heterocycles. The van der Waals surface area contributed by atoms with Gasteiger partial charge in [-0.2, -0.15) is 0 Å². The lowest BCUT2D eigenvalue weighted by molar-refractivity contribution is 0.171. The zero-order chi connectivity index (χ0) is 17.0. The maximum atomic E-state index is 12.4. The van der Waals surface area contributed by atoms with Gasteiger partial charge in [0.05, 0.1) is 16.5 Å². The van der Waals surface area contributed by atoms with Crippen molar-refractivity contribution < 1.29 is 17.9 Å². The molecule has 0 aromatic heterocycles. The van der Waals surface area contributed by atoms with Gasteiger partial charge in [0.2, 0.25) is 0 Å². The fourth-order valence-corrected chi connectivity index (χ4v) is 4.41. The van der Waals surface area contributed by atoms with E-state index in [-0.39, 0.29) is 11.5 Å². The highest BCUT2D eigenvalue weighted by Crippen LogP contribution is 2.38. The largest absolute Gasteiger partial charge is 0.486 e. The van der Waals surface area contributed by atoms with E-state index in [1.54, 1.807) is 12.1 Å². The molecule has 24 heavy (non-hydrogen) atoms. The van der Waals surface area contributed by atoms with Gasteiger partial charge in [-0.15, -0.1) is 0 Å². The average Bonchev–Trinajstić information content (AvgIpc) is 2.55. The number of sulfone groups is 1. The minimum Gasteiger partial charge on any atom is -0.486 e. The van der Waals surface area contributed by atoms with Gasteiger partial charge in [0, 0.05) is 0 Å². The molecule has 0 amide bonds. The number of aryl methyl sites for hydroxylation is 1. The van der Waals surface area contributed by atoms with E-state index in [1.165, 1.54) is 0 Å². The van der Waals surface area contributed by atoms with Crippen molar-refractivity contribution in [2.75, 3.05) is 19.0 Å². The van der Waals surface area contributed by atoms with Gasteiger partial charge in [0.1, 0.15) is 13.2 Å². The van der Waals surface area contributed by atoms with E-state index in [9.17, 15) is 8.42 Å². The molecule has 0 unspecified atom stereocenters. The molecule has 0 saturated heterocycles. The Morgan fingerprint density at radius 3 is 2.54 bits per heavy atom. The van der Waals surface area contributed by atoms with Crippen molar-refractivity contribution in [3.8, 4) is 11.5 Å². The summed E-state index contributed by atoms with van der Waals surface area (Å²) in [6, 6.07) is 13.2. The summed E-state index contributed by atoms with van der Waals surface area (Å²) < 4.78 is 35.6. The van der Waals surface area contributed by atoms with Gasteiger partial charge in [-0.1, -0.05) is 41.9 Å². The Labute approximate surface area is 147 Å². The SMILES string of the molecule is O=S(=O)(CCCc1ccccc1)Cc1cc(Cl)c2c(c1)OCCO2. The van der Waals surface area contributed by atoms with Crippen molar-refractivity contribution in [3.63, 3.8) is 0 Å². The van der Waals surface area contributed by atoms with Gasteiger partial charge in [0.15, 0.2) is 21.3 Å². The van der Waals surface area contributed by atoms with Crippen LogP contribution >= 0.6 is 11.6 Å². The molecule has 0 spiro atoms. The quantitative estimate of drug-likeness (QED) is 0.782. The first-order valence-corrected chi connectivity index (χ1v) is 10.1. The van der Waals surface area contributed by atoms with E-state index < -0.39 is 9.84 Å². The van der Waals surface area contributed by atoms with E-state index in [1.807, 2.05) is 30.3 Å². The molecule has 0 N–H and O–H groups in total. The van der Waals surface area contributed by atoms with Crippen LogP contribution in [0, 0.1) is 0 Å². The Kier molecular flexibility index (Phi) is 5.31. The maximum Gasteiger partial charge on any atom is 0.179 e. The van der Waals surface area contributed by atoms with Crippen LogP contribution in [0.2, 0.25) is 5.02 Å². The number of hydrogen-bond acceptors (Lipinski definition) is 4. The molecular formula is C18H19ClO4S. The number of fused-ring (bicyclic) bond motifs is 1. The standard InChI is InChI=1S/C18H19ClO4S/c19-16-11-15(12-17-18(16)23-9-8-22-17)13-24(20,21)10-4-7-14-5-2-1-3-6-14/h1-3,5-6,11-12H,4,7-10,13H2. The molecule has 2 aromatic rings.